The molecule has 78 valence electrons. The van der Waals surface area contributed by atoms with Gasteiger partial charge in [-0.3, -0.25) is 0 Å². The van der Waals surface area contributed by atoms with E-state index in [2.05, 4.69) is 4.98 Å². The molecule has 2 nitrogen and oxygen atoms in total. The highest BCUT2D eigenvalue weighted by Crippen LogP contribution is 2.21. The first-order valence-electron chi connectivity index (χ1n) is 4.54. The highest BCUT2D eigenvalue weighted by Gasteiger charge is 2.02. The average molecular weight is 240 g/mol. The van der Waals surface area contributed by atoms with Crippen molar-refractivity contribution in [2.75, 3.05) is 0 Å². The van der Waals surface area contributed by atoms with Crippen molar-refractivity contribution < 1.29 is 4.74 Å². The molecule has 0 aliphatic carbocycles. The lowest BCUT2D eigenvalue weighted by molar-refractivity contribution is 0.307. The van der Waals surface area contributed by atoms with Crippen molar-refractivity contribution in [3.8, 4) is 5.75 Å². The predicted octanol–water partition coefficient (Wildman–Crippen LogP) is 3.68. The van der Waals surface area contributed by atoms with Crippen LogP contribution in [0.5, 0.6) is 5.75 Å². The Kier molecular flexibility index (Phi) is 3.23. The summed E-state index contributed by atoms with van der Waals surface area (Å²) in [6, 6.07) is 7.93. The van der Waals surface area contributed by atoms with Crippen LogP contribution in [0.1, 0.15) is 10.4 Å². The molecule has 2 aromatic rings. The minimum absolute atomic E-state index is 0.523. The van der Waals surface area contributed by atoms with Gasteiger partial charge in [-0.25, -0.2) is 4.98 Å². The van der Waals surface area contributed by atoms with Crippen LogP contribution < -0.4 is 4.74 Å². The molecule has 1 aromatic carbocycles. The fourth-order valence-electron chi connectivity index (χ4n) is 1.22. The minimum atomic E-state index is 0.523. The SMILES string of the molecule is Cc1ccccc1OCc1cnc(Cl)s1. The zero-order valence-corrected chi connectivity index (χ0v) is 9.81. The molecule has 0 bridgehead atoms. The second-order valence-corrected chi connectivity index (χ2v) is 4.83. The van der Waals surface area contributed by atoms with E-state index in [1.807, 2.05) is 31.2 Å². The number of nitrogens with zero attached hydrogens (tertiary/aromatic N) is 1. The molecule has 0 saturated heterocycles. The third-order valence-corrected chi connectivity index (χ3v) is 3.08. The molecule has 0 amide bonds. The monoisotopic (exact) mass is 239 g/mol. The molecule has 0 atom stereocenters. The summed E-state index contributed by atoms with van der Waals surface area (Å²) in [5.74, 6) is 0.905. The largest absolute Gasteiger partial charge is 0.488 e. The van der Waals surface area contributed by atoms with Crippen LogP contribution in [0.2, 0.25) is 4.47 Å². The van der Waals surface area contributed by atoms with E-state index in [1.54, 1.807) is 6.20 Å². The summed E-state index contributed by atoms with van der Waals surface area (Å²) in [7, 11) is 0. The molecule has 0 radical (unpaired) electrons. The van der Waals surface area contributed by atoms with Gasteiger partial charge >= 0.3 is 0 Å². The third-order valence-electron chi connectivity index (χ3n) is 1.99. The minimum Gasteiger partial charge on any atom is -0.488 e. The van der Waals surface area contributed by atoms with E-state index < -0.39 is 0 Å². The van der Waals surface area contributed by atoms with Crippen molar-refractivity contribution in [1.29, 1.82) is 0 Å². The molecule has 0 saturated carbocycles. The average Bonchev–Trinajstić information content (AvgIpc) is 2.63. The fourth-order valence-corrected chi connectivity index (χ4v) is 2.11. The molecule has 1 aromatic heterocycles. The highest BCUT2D eigenvalue weighted by molar-refractivity contribution is 7.15. The van der Waals surface area contributed by atoms with Crippen molar-refractivity contribution in [1.82, 2.24) is 4.98 Å². The van der Waals surface area contributed by atoms with Gasteiger partial charge in [-0.05, 0) is 18.6 Å². The van der Waals surface area contributed by atoms with Gasteiger partial charge in [0.25, 0.3) is 0 Å². The smallest absolute Gasteiger partial charge is 0.183 e. The van der Waals surface area contributed by atoms with Crippen LogP contribution in [0.15, 0.2) is 30.5 Å². The number of hydrogen-bond donors (Lipinski definition) is 0. The Morgan fingerprint density at radius 2 is 2.20 bits per heavy atom. The van der Waals surface area contributed by atoms with Crippen LogP contribution in [0.3, 0.4) is 0 Å². The Labute approximate surface area is 97.5 Å². The standard InChI is InChI=1S/C11H10ClNOS/c1-8-4-2-3-5-10(8)14-7-9-6-13-11(12)15-9/h2-6H,7H2,1H3. The Morgan fingerprint density at radius 1 is 1.40 bits per heavy atom. The number of aromatic nitrogens is 1. The van der Waals surface area contributed by atoms with E-state index in [-0.39, 0.29) is 0 Å². The number of para-hydroxylation sites is 1. The summed E-state index contributed by atoms with van der Waals surface area (Å²) in [4.78, 5) is 4.99. The summed E-state index contributed by atoms with van der Waals surface area (Å²) in [5, 5.41) is 0. The lowest BCUT2D eigenvalue weighted by Crippen LogP contribution is -1.94. The second-order valence-electron chi connectivity index (χ2n) is 3.13. The molecule has 1 heterocycles. The van der Waals surface area contributed by atoms with Crippen molar-refractivity contribution in [2.24, 2.45) is 0 Å². The van der Waals surface area contributed by atoms with Crippen LogP contribution in [-0.2, 0) is 6.61 Å². The number of thiazole rings is 1. The first-order valence-corrected chi connectivity index (χ1v) is 5.74. The van der Waals surface area contributed by atoms with E-state index in [0.717, 1.165) is 16.2 Å². The van der Waals surface area contributed by atoms with Gasteiger partial charge in [0.2, 0.25) is 0 Å². The van der Waals surface area contributed by atoms with Gasteiger partial charge < -0.3 is 4.74 Å². The van der Waals surface area contributed by atoms with Gasteiger partial charge in [-0.15, -0.1) is 11.3 Å². The quantitative estimate of drug-likeness (QED) is 0.815. The van der Waals surface area contributed by atoms with E-state index in [4.69, 9.17) is 16.3 Å². The third kappa shape index (κ3) is 2.70. The van der Waals surface area contributed by atoms with Gasteiger partial charge in [0, 0.05) is 6.20 Å². The number of ether oxygens (including phenoxy) is 1. The number of benzene rings is 1. The molecule has 15 heavy (non-hydrogen) atoms. The predicted molar refractivity (Wildman–Crippen MR) is 62.6 cm³/mol. The van der Waals surface area contributed by atoms with Crippen molar-refractivity contribution in [3.63, 3.8) is 0 Å². The number of hydrogen-bond acceptors (Lipinski definition) is 3. The molecule has 2 rings (SSSR count). The van der Waals surface area contributed by atoms with Crippen molar-refractivity contribution >= 4 is 22.9 Å². The fraction of sp³-hybridized carbons (Fsp3) is 0.182. The molecule has 0 aliphatic rings. The number of rotatable bonds is 3. The summed E-state index contributed by atoms with van der Waals surface area (Å²) in [6.07, 6.45) is 1.74. The first kappa shape index (κ1) is 10.5. The molecule has 0 unspecified atom stereocenters. The maximum absolute atomic E-state index is 5.73. The summed E-state index contributed by atoms with van der Waals surface area (Å²) in [5.41, 5.74) is 1.13. The number of aryl methyl sites for hydroxylation is 1. The molecule has 4 heteroatoms. The Morgan fingerprint density at radius 3 is 2.87 bits per heavy atom. The maximum Gasteiger partial charge on any atom is 0.183 e. The molecular weight excluding hydrogens is 230 g/mol. The molecule has 0 aliphatic heterocycles. The van der Waals surface area contributed by atoms with E-state index >= 15 is 0 Å². The lowest BCUT2D eigenvalue weighted by Gasteiger charge is -2.06. The van der Waals surface area contributed by atoms with Gasteiger partial charge in [0.15, 0.2) is 4.47 Å². The van der Waals surface area contributed by atoms with Gasteiger partial charge in [0.1, 0.15) is 12.4 Å². The summed E-state index contributed by atoms with van der Waals surface area (Å²) < 4.78 is 6.20. The molecule has 0 N–H and O–H groups in total. The second kappa shape index (κ2) is 4.64. The molecule has 0 fully saturated rings. The van der Waals surface area contributed by atoms with Crippen LogP contribution in [0.4, 0.5) is 0 Å². The Balaban J connectivity index is 2.02. The van der Waals surface area contributed by atoms with Crippen LogP contribution >= 0.6 is 22.9 Å². The van der Waals surface area contributed by atoms with Crippen LogP contribution in [-0.4, -0.2) is 4.98 Å². The lowest BCUT2D eigenvalue weighted by atomic mass is 10.2. The van der Waals surface area contributed by atoms with Crippen molar-refractivity contribution in [2.45, 2.75) is 13.5 Å². The van der Waals surface area contributed by atoms with Gasteiger partial charge in [0.05, 0.1) is 4.88 Å². The molecular formula is C11H10ClNOS. The normalized spacial score (nSPS) is 10.3. The Hall–Kier alpha value is -1.06. The van der Waals surface area contributed by atoms with Crippen molar-refractivity contribution in [3.05, 3.63) is 45.4 Å². The van der Waals surface area contributed by atoms with Gasteiger partial charge in [-0.1, -0.05) is 29.8 Å². The Bertz CT molecular complexity index is 455. The van der Waals surface area contributed by atoms with Crippen LogP contribution in [0, 0.1) is 6.92 Å². The summed E-state index contributed by atoms with van der Waals surface area (Å²) in [6.45, 7) is 2.55. The zero-order chi connectivity index (χ0) is 10.7. The maximum atomic E-state index is 5.73. The number of halogens is 1. The van der Waals surface area contributed by atoms with Crippen LogP contribution in [0.25, 0.3) is 0 Å². The highest BCUT2D eigenvalue weighted by atomic mass is 35.5. The van der Waals surface area contributed by atoms with E-state index in [1.165, 1.54) is 11.3 Å². The summed E-state index contributed by atoms with van der Waals surface area (Å²) >= 11 is 7.17. The van der Waals surface area contributed by atoms with Gasteiger partial charge in [-0.2, -0.15) is 0 Å². The first-order chi connectivity index (χ1) is 7.25. The zero-order valence-electron chi connectivity index (χ0n) is 8.24. The van der Waals surface area contributed by atoms with E-state index in [0.29, 0.717) is 11.1 Å². The topological polar surface area (TPSA) is 22.1 Å². The molecule has 0 spiro atoms. The van der Waals surface area contributed by atoms with E-state index in [9.17, 15) is 0 Å².